The Bertz CT molecular complexity index is 542. The summed E-state index contributed by atoms with van der Waals surface area (Å²) >= 11 is 5.35. The maximum absolute atomic E-state index is 5.35. The molecule has 21 heavy (non-hydrogen) atoms. The molecular weight excluding hydrogens is 278 g/mol. The third-order valence-electron chi connectivity index (χ3n) is 3.02. The molecule has 0 atom stereocenters. The zero-order valence-electron chi connectivity index (χ0n) is 12.3. The number of benzene rings is 2. The van der Waals surface area contributed by atoms with Crippen molar-refractivity contribution in [3.8, 4) is 0 Å². The lowest BCUT2D eigenvalue weighted by Crippen LogP contribution is -2.47. The van der Waals surface area contributed by atoms with Gasteiger partial charge in [-0.2, -0.15) is 0 Å². The van der Waals surface area contributed by atoms with Gasteiger partial charge in [0.25, 0.3) is 0 Å². The van der Waals surface area contributed by atoms with Crippen molar-refractivity contribution in [2.75, 3.05) is 11.6 Å². The molecule has 0 heterocycles. The molecule has 0 unspecified atom stereocenters. The summed E-state index contributed by atoms with van der Waals surface area (Å²) in [7, 11) is 0. The van der Waals surface area contributed by atoms with Crippen LogP contribution in [-0.4, -0.2) is 11.7 Å². The standard InChI is InChI=1S/C17H21N3S/c1-2-13-18-17(21)19-20(16-11-7-4-8-12-16)14-15-9-5-3-6-10-15/h3-12H,2,13-14H2,1H3,(H2,18,19,21). The van der Waals surface area contributed by atoms with E-state index in [9.17, 15) is 0 Å². The Morgan fingerprint density at radius 3 is 2.24 bits per heavy atom. The van der Waals surface area contributed by atoms with Crippen LogP contribution in [0.5, 0.6) is 0 Å². The fourth-order valence-electron chi connectivity index (χ4n) is 1.97. The van der Waals surface area contributed by atoms with Gasteiger partial charge in [-0.25, -0.2) is 0 Å². The van der Waals surface area contributed by atoms with Gasteiger partial charge < -0.3 is 5.32 Å². The molecule has 0 amide bonds. The van der Waals surface area contributed by atoms with Crippen LogP contribution >= 0.6 is 12.2 Å². The third-order valence-corrected chi connectivity index (χ3v) is 3.26. The van der Waals surface area contributed by atoms with Gasteiger partial charge in [0.15, 0.2) is 5.11 Å². The average molecular weight is 299 g/mol. The van der Waals surface area contributed by atoms with E-state index in [0.29, 0.717) is 5.11 Å². The Balaban J connectivity index is 2.09. The number of hydrogen-bond acceptors (Lipinski definition) is 2. The van der Waals surface area contributed by atoms with E-state index >= 15 is 0 Å². The largest absolute Gasteiger partial charge is 0.361 e. The Morgan fingerprint density at radius 1 is 1.00 bits per heavy atom. The van der Waals surface area contributed by atoms with Gasteiger partial charge in [0.1, 0.15) is 0 Å². The molecule has 0 aliphatic heterocycles. The molecule has 2 N–H and O–H groups in total. The van der Waals surface area contributed by atoms with Crippen LogP contribution in [-0.2, 0) is 6.54 Å². The number of nitrogens with zero attached hydrogens (tertiary/aromatic N) is 1. The molecule has 4 heteroatoms. The highest BCUT2D eigenvalue weighted by molar-refractivity contribution is 7.80. The number of para-hydroxylation sites is 1. The first kappa shape index (κ1) is 15.3. The second-order valence-corrected chi connectivity index (χ2v) is 5.18. The van der Waals surface area contributed by atoms with Gasteiger partial charge in [-0.3, -0.25) is 10.4 Å². The summed E-state index contributed by atoms with van der Waals surface area (Å²) in [6.45, 7) is 3.74. The Morgan fingerprint density at radius 2 is 1.62 bits per heavy atom. The lowest BCUT2D eigenvalue weighted by molar-refractivity contribution is 0.733. The smallest absolute Gasteiger partial charge is 0.185 e. The zero-order valence-corrected chi connectivity index (χ0v) is 13.1. The van der Waals surface area contributed by atoms with Crippen molar-refractivity contribution in [2.45, 2.75) is 19.9 Å². The van der Waals surface area contributed by atoms with Gasteiger partial charge in [0.05, 0.1) is 12.2 Å². The van der Waals surface area contributed by atoms with Crippen molar-refractivity contribution in [3.05, 3.63) is 66.2 Å². The van der Waals surface area contributed by atoms with Crippen molar-refractivity contribution in [1.29, 1.82) is 0 Å². The summed E-state index contributed by atoms with van der Waals surface area (Å²) in [5, 5.41) is 5.90. The highest BCUT2D eigenvalue weighted by atomic mass is 32.1. The number of rotatable bonds is 6. The second kappa shape index (κ2) is 8.27. The molecule has 110 valence electrons. The normalized spacial score (nSPS) is 9.95. The van der Waals surface area contributed by atoms with Crippen molar-refractivity contribution >= 4 is 23.0 Å². The van der Waals surface area contributed by atoms with Crippen LogP contribution in [0.15, 0.2) is 60.7 Å². The van der Waals surface area contributed by atoms with E-state index < -0.39 is 0 Å². The molecule has 2 rings (SSSR count). The Labute approximate surface area is 132 Å². The van der Waals surface area contributed by atoms with E-state index in [-0.39, 0.29) is 0 Å². The molecule has 3 nitrogen and oxygen atoms in total. The highest BCUT2D eigenvalue weighted by Gasteiger charge is 2.08. The summed E-state index contributed by atoms with van der Waals surface area (Å²) in [4.78, 5) is 0. The third kappa shape index (κ3) is 5.08. The Hall–Kier alpha value is -2.07. The number of hydrogen-bond donors (Lipinski definition) is 2. The lowest BCUT2D eigenvalue weighted by atomic mass is 10.2. The van der Waals surface area contributed by atoms with Gasteiger partial charge in [-0.1, -0.05) is 55.5 Å². The topological polar surface area (TPSA) is 27.3 Å². The van der Waals surface area contributed by atoms with E-state index in [1.807, 2.05) is 36.4 Å². The predicted molar refractivity (Wildman–Crippen MR) is 93.1 cm³/mol. The minimum Gasteiger partial charge on any atom is -0.361 e. The molecule has 0 spiro atoms. The predicted octanol–water partition coefficient (Wildman–Crippen LogP) is 3.48. The van der Waals surface area contributed by atoms with Crippen molar-refractivity contribution < 1.29 is 0 Å². The fraction of sp³-hybridized carbons (Fsp3) is 0.235. The molecule has 0 aliphatic carbocycles. The average Bonchev–Trinajstić information content (AvgIpc) is 2.54. The summed E-state index contributed by atoms with van der Waals surface area (Å²) in [6.07, 6.45) is 1.05. The van der Waals surface area contributed by atoms with Crippen LogP contribution in [0.25, 0.3) is 0 Å². The maximum Gasteiger partial charge on any atom is 0.185 e. The van der Waals surface area contributed by atoms with Gasteiger partial charge in [-0.05, 0) is 36.3 Å². The van der Waals surface area contributed by atoms with E-state index in [1.165, 1.54) is 5.56 Å². The quantitative estimate of drug-likeness (QED) is 0.631. The first-order chi connectivity index (χ1) is 10.3. The second-order valence-electron chi connectivity index (χ2n) is 4.77. The molecule has 0 radical (unpaired) electrons. The van der Waals surface area contributed by atoms with Crippen LogP contribution < -0.4 is 15.8 Å². The monoisotopic (exact) mass is 299 g/mol. The zero-order chi connectivity index (χ0) is 14.9. The van der Waals surface area contributed by atoms with Gasteiger partial charge in [0, 0.05) is 6.54 Å². The first-order valence-electron chi connectivity index (χ1n) is 7.20. The van der Waals surface area contributed by atoms with Crippen LogP contribution in [0.3, 0.4) is 0 Å². The molecule has 2 aromatic rings. The number of anilines is 1. The molecule has 0 bridgehead atoms. The minimum absolute atomic E-state index is 0.650. The van der Waals surface area contributed by atoms with Crippen molar-refractivity contribution in [3.63, 3.8) is 0 Å². The highest BCUT2D eigenvalue weighted by Crippen LogP contribution is 2.14. The number of hydrazine groups is 1. The van der Waals surface area contributed by atoms with Crippen LogP contribution in [0.4, 0.5) is 5.69 Å². The first-order valence-corrected chi connectivity index (χ1v) is 7.61. The van der Waals surface area contributed by atoms with E-state index in [4.69, 9.17) is 12.2 Å². The molecular formula is C17H21N3S. The van der Waals surface area contributed by atoms with Gasteiger partial charge in [0.2, 0.25) is 0 Å². The molecule has 0 aliphatic rings. The molecule has 2 aromatic carbocycles. The molecule has 0 saturated carbocycles. The van der Waals surface area contributed by atoms with E-state index in [2.05, 4.69) is 46.9 Å². The minimum atomic E-state index is 0.650. The van der Waals surface area contributed by atoms with Crippen molar-refractivity contribution in [1.82, 2.24) is 10.7 Å². The summed E-state index contributed by atoms with van der Waals surface area (Å²) in [6, 6.07) is 20.5. The lowest BCUT2D eigenvalue weighted by Gasteiger charge is -2.27. The summed E-state index contributed by atoms with van der Waals surface area (Å²) < 4.78 is 0. The molecule has 0 saturated heterocycles. The van der Waals surface area contributed by atoms with E-state index in [0.717, 1.165) is 25.2 Å². The van der Waals surface area contributed by atoms with Crippen molar-refractivity contribution in [2.24, 2.45) is 0 Å². The van der Waals surface area contributed by atoms with Crippen LogP contribution in [0.1, 0.15) is 18.9 Å². The van der Waals surface area contributed by atoms with Gasteiger partial charge in [-0.15, -0.1) is 0 Å². The molecule has 0 fully saturated rings. The van der Waals surface area contributed by atoms with Gasteiger partial charge >= 0.3 is 0 Å². The summed E-state index contributed by atoms with van der Waals surface area (Å²) in [5.41, 5.74) is 5.58. The maximum atomic E-state index is 5.35. The SMILES string of the molecule is CCCNC(=S)NN(Cc1ccccc1)c1ccccc1. The summed E-state index contributed by atoms with van der Waals surface area (Å²) in [5.74, 6) is 0. The van der Waals surface area contributed by atoms with Crippen LogP contribution in [0.2, 0.25) is 0 Å². The fourth-order valence-corrected chi connectivity index (χ4v) is 2.18. The van der Waals surface area contributed by atoms with Crippen LogP contribution in [0, 0.1) is 0 Å². The Kier molecular flexibility index (Phi) is 6.03. The number of thiocarbonyl (C=S) groups is 1. The molecule has 0 aromatic heterocycles. The number of nitrogens with one attached hydrogen (secondary N) is 2. The van der Waals surface area contributed by atoms with E-state index in [1.54, 1.807) is 0 Å².